The van der Waals surface area contributed by atoms with Crippen molar-refractivity contribution in [3.63, 3.8) is 0 Å². The molecule has 2 heterocycles. The Morgan fingerprint density at radius 2 is 2.12 bits per heavy atom. The van der Waals surface area contributed by atoms with E-state index < -0.39 is 18.3 Å². The maximum Gasteiger partial charge on any atom is 0.320 e. The van der Waals surface area contributed by atoms with Gasteiger partial charge < -0.3 is 4.42 Å². The lowest BCUT2D eigenvalue weighted by Gasteiger charge is -2.11. The number of ketones is 1. The number of nitriles is 1. The minimum absolute atomic E-state index is 0.0104. The van der Waals surface area contributed by atoms with Crippen molar-refractivity contribution in [2.24, 2.45) is 0 Å². The molecule has 25 heavy (non-hydrogen) atoms. The highest BCUT2D eigenvalue weighted by Crippen LogP contribution is 2.30. The summed E-state index contributed by atoms with van der Waals surface area (Å²) in [5.74, 6) is -1.82. The third kappa shape index (κ3) is 2.80. The van der Waals surface area contributed by atoms with Gasteiger partial charge >= 0.3 is 6.55 Å². The first-order valence-corrected chi connectivity index (χ1v) is 7.76. The van der Waals surface area contributed by atoms with Crippen molar-refractivity contribution in [3.05, 3.63) is 53.2 Å². The predicted molar refractivity (Wildman–Crippen MR) is 86.5 cm³/mol. The summed E-state index contributed by atoms with van der Waals surface area (Å²) in [6.07, 6.45) is 0.584. The second-order valence-corrected chi connectivity index (χ2v) is 5.61. The van der Waals surface area contributed by atoms with Crippen LogP contribution < -0.4 is 0 Å². The fraction of sp³-hybridized carbons (Fsp3) is 0.278. The van der Waals surface area contributed by atoms with E-state index in [4.69, 9.17) is 4.42 Å². The molecule has 5 nitrogen and oxygen atoms in total. The van der Waals surface area contributed by atoms with E-state index in [1.54, 1.807) is 37.3 Å². The second-order valence-electron chi connectivity index (χ2n) is 5.61. The van der Waals surface area contributed by atoms with Crippen molar-refractivity contribution in [1.82, 2.24) is 9.55 Å². The summed E-state index contributed by atoms with van der Waals surface area (Å²) in [5, 5.41) is 9.49. The molecule has 3 aromatic rings. The maximum absolute atomic E-state index is 13.6. The lowest BCUT2D eigenvalue weighted by Crippen LogP contribution is -2.17. The number of alkyl halides is 2. The lowest BCUT2D eigenvalue weighted by atomic mass is 10.0. The molecule has 128 valence electrons. The molecule has 0 aliphatic carbocycles. The number of hydrogen-bond donors (Lipinski definition) is 0. The van der Waals surface area contributed by atoms with Crippen molar-refractivity contribution >= 4 is 16.8 Å². The number of furan rings is 1. The Bertz CT molecular complexity index is 982. The van der Waals surface area contributed by atoms with E-state index in [2.05, 4.69) is 4.98 Å². The van der Waals surface area contributed by atoms with Crippen molar-refractivity contribution in [3.8, 4) is 6.07 Å². The molecule has 1 aromatic carbocycles. The molecule has 0 fully saturated rings. The zero-order chi connectivity index (χ0) is 18.1. The first kappa shape index (κ1) is 16.8. The van der Waals surface area contributed by atoms with Crippen molar-refractivity contribution in [1.29, 1.82) is 5.26 Å². The van der Waals surface area contributed by atoms with Crippen molar-refractivity contribution in [2.45, 2.75) is 32.7 Å². The third-order valence-electron chi connectivity index (χ3n) is 4.01. The molecular weight excluding hydrogens is 328 g/mol. The van der Waals surface area contributed by atoms with Crippen LogP contribution in [0.2, 0.25) is 0 Å². The standard InChI is InChI=1S/C18H15F2N3O2/c1-3-11-8-10(2)16(25-11)15(24)12(9-21)17-22-13-6-4-5-7-14(13)23(17)18(19)20/h4-8,12,18H,3H2,1-2H3/t12-/m1/s1. The minimum atomic E-state index is -2.92. The number of hydrogen-bond acceptors (Lipinski definition) is 4. The van der Waals surface area contributed by atoms with Crippen LogP contribution in [0.15, 0.2) is 34.7 Å². The number of imidazole rings is 1. The van der Waals surface area contributed by atoms with Crippen molar-refractivity contribution in [2.75, 3.05) is 0 Å². The van der Waals surface area contributed by atoms with Gasteiger partial charge in [-0.05, 0) is 30.7 Å². The van der Waals surface area contributed by atoms with Crippen LogP contribution in [0.1, 0.15) is 47.1 Å². The van der Waals surface area contributed by atoms with Gasteiger partial charge in [-0.3, -0.25) is 9.36 Å². The van der Waals surface area contributed by atoms with Crippen LogP contribution >= 0.6 is 0 Å². The van der Waals surface area contributed by atoms with Crippen LogP contribution in [0.4, 0.5) is 8.78 Å². The predicted octanol–water partition coefficient (Wildman–Crippen LogP) is 4.39. The highest BCUT2D eigenvalue weighted by molar-refractivity contribution is 6.01. The molecule has 3 rings (SSSR count). The van der Waals surface area contributed by atoms with Gasteiger partial charge in [0, 0.05) is 6.42 Å². The Hall–Kier alpha value is -3.01. The Kier molecular flexibility index (Phi) is 4.36. The smallest absolute Gasteiger partial charge is 0.320 e. The fourth-order valence-electron chi connectivity index (χ4n) is 2.80. The molecule has 0 unspecified atom stereocenters. The number of carbonyl (C=O) groups excluding carboxylic acids is 1. The zero-order valence-corrected chi connectivity index (χ0v) is 13.7. The Balaban J connectivity index is 2.14. The van der Waals surface area contributed by atoms with Gasteiger partial charge in [-0.1, -0.05) is 19.1 Å². The number of carbonyl (C=O) groups is 1. The van der Waals surface area contributed by atoms with E-state index in [0.717, 1.165) is 0 Å². The number of aryl methyl sites for hydroxylation is 2. The van der Waals surface area contributed by atoms with Crippen LogP contribution in [-0.2, 0) is 6.42 Å². The van der Waals surface area contributed by atoms with Crippen LogP contribution in [0.5, 0.6) is 0 Å². The molecule has 0 saturated heterocycles. The monoisotopic (exact) mass is 343 g/mol. The molecule has 0 amide bonds. The molecule has 0 aliphatic rings. The van der Waals surface area contributed by atoms with E-state index >= 15 is 0 Å². The van der Waals surface area contributed by atoms with Gasteiger partial charge in [-0.25, -0.2) is 4.98 Å². The van der Waals surface area contributed by atoms with Crippen LogP contribution in [0, 0.1) is 18.3 Å². The van der Waals surface area contributed by atoms with Gasteiger partial charge in [-0.2, -0.15) is 14.0 Å². The molecule has 7 heteroatoms. The van der Waals surface area contributed by atoms with Gasteiger partial charge in [0.25, 0.3) is 0 Å². The molecule has 0 bridgehead atoms. The molecular formula is C18H15F2N3O2. The van der Waals surface area contributed by atoms with Crippen LogP contribution in [-0.4, -0.2) is 15.3 Å². The molecule has 2 aromatic heterocycles. The number of Topliss-reactive ketones (excluding diaryl/α,β-unsaturated/α-hetero) is 1. The van der Waals surface area contributed by atoms with E-state index in [0.29, 0.717) is 27.8 Å². The van der Waals surface area contributed by atoms with Gasteiger partial charge in [0.05, 0.1) is 17.1 Å². The summed E-state index contributed by atoms with van der Waals surface area (Å²) < 4.78 is 33.2. The Labute approximate surface area is 142 Å². The molecule has 0 N–H and O–H groups in total. The van der Waals surface area contributed by atoms with E-state index in [-0.39, 0.29) is 17.1 Å². The number of aromatic nitrogens is 2. The summed E-state index contributed by atoms with van der Waals surface area (Å²) in [6, 6.07) is 9.80. The summed E-state index contributed by atoms with van der Waals surface area (Å²) in [7, 11) is 0. The molecule has 0 spiro atoms. The molecule has 0 radical (unpaired) electrons. The second kappa shape index (κ2) is 6.48. The number of nitrogens with zero attached hydrogens (tertiary/aromatic N) is 3. The Morgan fingerprint density at radius 3 is 2.72 bits per heavy atom. The van der Waals surface area contributed by atoms with Crippen LogP contribution in [0.3, 0.4) is 0 Å². The number of halogens is 2. The van der Waals surface area contributed by atoms with Crippen LogP contribution in [0.25, 0.3) is 11.0 Å². The van der Waals surface area contributed by atoms with Gasteiger partial charge in [0.15, 0.2) is 11.7 Å². The zero-order valence-electron chi connectivity index (χ0n) is 13.7. The highest BCUT2D eigenvalue weighted by Gasteiger charge is 2.33. The van der Waals surface area contributed by atoms with E-state index in [9.17, 15) is 18.8 Å². The van der Waals surface area contributed by atoms with E-state index in [1.807, 2.05) is 6.92 Å². The van der Waals surface area contributed by atoms with Gasteiger partial charge in [-0.15, -0.1) is 0 Å². The van der Waals surface area contributed by atoms with Crippen molar-refractivity contribution < 1.29 is 18.0 Å². The van der Waals surface area contributed by atoms with Gasteiger partial charge in [0.1, 0.15) is 11.6 Å². The average molecular weight is 343 g/mol. The fourth-order valence-corrected chi connectivity index (χ4v) is 2.80. The summed E-state index contributed by atoms with van der Waals surface area (Å²) in [6.45, 7) is 0.625. The first-order chi connectivity index (χ1) is 12.0. The summed E-state index contributed by atoms with van der Waals surface area (Å²) >= 11 is 0. The number of benzene rings is 1. The molecule has 0 saturated carbocycles. The number of fused-ring (bicyclic) bond motifs is 1. The topological polar surface area (TPSA) is 71.8 Å². The summed E-state index contributed by atoms with van der Waals surface area (Å²) in [5.41, 5.74) is 1.05. The highest BCUT2D eigenvalue weighted by atomic mass is 19.3. The average Bonchev–Trinajstić information content (AvgIpc) is 3.15. The number of para-hydroxylation sites is 2. The largest absolute Gasteiger partial charge is 0.458 e. The lowest BCUT2D eigenvalue weighted by molar-refractivity contribution is 0.0698. The maximum atomic E-state index is 13.6. The molecule has 1 atom stereocenters. The number of rotatable bonds is 5. The van der Waals surface area contributed by atoms with Gasteiger partial charge in [0.2, 0.25) is 5.78 Å². The minimum Gasteiger partial charge on any atom is -0.458 e. The summed E-state index contributed by atoms with van der Waals surface area (Å²) in [4.78, 5) is 16.9. The van der Waals surface area contributed by atoms with E-state index in [1.165, 1.54) is 6.07 Å². The Morgan fingerprint density at radius 1 is 1.40 bits per heavy atom. The molecule has 0 aliphatic heterocycles. The third-order valence-corrected chi connectivity index (χ3v) is 4.01. The SMILES string of the molecule is CCc1cc(C)c(C(=O)[C@@H](C#N)c2nc3ccccc3n2C(F)F)o1. The quantitative estimate of drug-likeness (QED) is 0.644. The normalized spacial score (nSPS) is 12.5. The first-order valence-electron chi connectivity index (χ1n) is 7.76.